The molecule has 37 heavy (non-hydrogen) atoms. The maximum Gasteiger partial charge on any atom is 0.471 e. The number of hydrogen-bond acceptors (Lipinski definition) is 7. The van der Waals surface area contributed by atoms with Gasteiger partial charge in [0.15, 0.2) is 5.13 Å². The number of benzene rings is 2. The molecule has 0 saturated heterocycles. The van der Waals surface area contributed by atoms with Gasteiger partial charge in [0, 0.05) is 17.6 Å². The van der Waals surface area contributed by atoms with Crippen LogP contribution < -0.4 is 16.0 Å². The Kier molecular flexibility index (Phi) is 6.94. The molecule has 2 aromatic carbocycles. The molecule has 14 heteroatoms. The van der Waals surface area contributed by atoms with Crippen molar-refractivity contribution < 1.29 is 31.5 Å². The number of H-pyrrole nitrogens is 1. The molecule has 4 rings (SSSR count). The molecule has 0 saturated carbocycles. The summed E-state index contributed by atoms with van der Waals surface area (Å²) in [6.45, 7) is 1.40. The largest absolute Gasteiger partial charge is 0.471 e. The van der Waals surface area contributed by atoms with Crippen molar-refractivity contribution >= 4 is 45.4 Å². The Hall–Kier alpha value is -4.33. The molecule has 4 aromatic rings. The number of rotatable bonds is 7. The molecular formula is C23H17F5N6O2S. The fourth-order valence-corrected chi connectivity index (χ4v) is 4.34. The van der Waals surface area contributed by atoms with E-state index in [1.54, 1.807) is 0 Å². The standard InChI is InChI=1S/C23H17F5N6O2S/c1-11(16-9-30-10-31-16)34(21(36)23(26,27)28)13-7-5-12(6-8-13)32-22-33-20(29)19(37-22)18(35)17-14(24)3-2-4-15(17)25/h2-11H,29H2,1H3,(H,30,31)(H,32,33). The molecule has 0 aliphatic rings. The van der Waals surface area contributed by atoms with Crippen molar-refractivity contribution in [1.29, 1.82) is 0 Å². The molecule has 1 amide bonds. The Morgan fingerprint density at radius 3 is 2.32 bits per heavy atom. The zero-order chi connectivity index (χ0) is 26.9. The molecule has 1 atom stereocenters. The number of aromatic amines is 1. The lowest BCUT2D eigenvalue weighted by Gasteiger charge is -2.29. The van der Waals surface area contributed by atoms with Gasteiger partial charge in [-0.05, 0) is 43.3 Å². The Labute approximate surface area is 210 Å². The van der Waals surface area contributed by atoms with Crippen LogP contribution in [-0.2, 0) is 4.79 Å². The van der Waals surface area contributed by atoms with E-state index >= 15 is 0 Å². The van der Waals surface area contributed by atoms with E-state index in [1.807, 2.05) is 0 Å². The molecule has 4 N–H and O–H groups in total. The minimum absolute atomic E-state index is 0.0482. The molecule has 0 radical (unpaired) electrons. The summed E-state index contributed by atoms with van der Waals surface area (Å²) < 4.78 is 67.9. The van der Waals surface area contributed by atoms with Crippen molar-refractivity contribution in [3.05, 3.63) is 82.8 Å². The van der Waals surface area contributed by atoms with Crippen LogP contribution >= 0.6 is 11.3 Å². The van der Waals surface area contributed by atoms with Crippen LogP contribution in [0.4, 0.5) is 44.3 Å². The summed E-state index contributed by atoms with van der Waals surface area (Å²) in [5.74, 6) is -5.41. The van der Waals surface area contributed by atoms with Gasteiger partial charge in [0.1, 0.15) is 22.3 Å². The minimum atomic E-state index is -5.12. The fourth-order valence-electron chi connectivity index (χ4n) is 3.49. The van der Waals surface area contributed by atoms with Crippen LogP contribution in [0.25, 0.3) is 0 Å². The number of amides is 1. The van der Waals surface area contributed by atoms with Crippen LogP contribution in [-0.4, -0.2) is 32.8 Å². The van der Waals surface area contributed by atoms with Gasteiger partial charge in [0.2, 0.25) is 5.78 Å². The van der Waals surface area contributed by atoms with E-state index < -0.39 is 41.1 Å². The first-order chi connectivity index (χ1) is 17.5. The minimum Gasteiger partial charge on any atom is -0.382 e. The van der Waals surface area contributed by atoms with Crippen LogP contribution in [0.1, 0.15) is 33.9 Å². The lowest BCUT2D eigenvalue weighted by atomic mass is 10.1. The van der Waals surface area contributed by atoms with E-state index in [9.17, 15) is 31.5 Å². The van der Waals surface area contributed by atoms with Crippen LogP contribution in [0.3, 0.4) is 0 Å². The predicted molar refractivity (Wildman–Crippen MR) is 127 cm³/mol. The molecule has 1 unspecified atom stereocenters. The number of thiazole rings is 1. The number of imidazole rings is 1. The molecule has 0 spiro atoms. The number of nitrogens with one attached hydrogen (secondary N) is 2. The van der Waals surface area contributed by atoms with Crippen molar-refractivity contribution in [1.82, 2.24) is 15.0 Å². The Bertz CT molecular complexity index is 1420. The number of aromatic nitrogens is 3. The van der Waals surface area contributed by atoms with E-state index in [4.69, 9.17) is 5.73 Å². The summed E-state index contributed by atoms with van der Waals surface area (Å²) in [6, 6.07) is 7.30. The number of carbonyl (C=O) groups is 2. The molecule has 0 bridgehead atoms. The molecule has 192 valence electrons. The highest BCUT2D eigenvalue weighted by Crippen LogP contribution is 2.34. The molecule has 0 fully saturated rings. The number of carbonyl (C=O) groups excluding carboxylic acids is 2. The average molecular weight is 536 g/mol. The second kappa shape index (κ2) is 9.97. The highest BCUT2D eigenvalue weighted by atomic mass is 32.1. The average Bonchev–Trinajstić information content (AvgIpc) is 3.49. The number of ketones is 1. The van der Waals surface area contributed by atoms with Gasteiger partial charge in [-0.3, -0.25) is 14.5 Å². The summed E-state index contributed by atoms with van der Waals surface area (Å²) in [6.07, 6.45) is -2.45. The van der Waals surface area contributed by atoms with Gasteiger partial charge >= 0.3 is 12.1 Å². The van der Waals surface area contributed by atoms with E-state index in [0.29, 0.717) is 10.6 Å². The van der Waals surface area contributed by atoms with Crippen molar-refractivity contribution in [2.45, 2.75) is 19.1 Å². The van der Waals surface area contributed by atoms with Crippen molar-refractivity contribution in [3.8, 4) is 0 Å². The Morgan fingerprint density at radius 2 is 1.76 bits per heavy atom. The second-order valence-electron chi connectivity index (χ2n) is 7.67. The van der Waals surface area contributed by atoms with Gasteiger partial charge in [-0.2, -0.15) is 13.2 Å². The quantitative estimate of drug-likeness (QED) is 0.216. The molecule has 2 heterocycles. The van der Waals surface area contributed by atoms with Gasteiger partial charge in [0.25, 0.3) is 0 Å². The first-order valence-corrected chi connectivity index (χ1v) is 11.3. The molecule has 2 aromatic heterocycles. The van der Waals surface area contributed by atoms with Crippen LogP contribution in [0, 0.1) is 11.6 Å². The van der Waals surface area contributed by atoms with Gasteiger partial charge < -0.3 is 16.0 Å². The zero-order valence-corrected chi connectivity index (χ0v) is 19.6. The van der Waals surface area contributed by atoms with Crippen LogP contribution in [0.2, 0.25) is 0 Å². The molecule has 0 aliphatic heterocycles. The summed E-state index contributed by atoms with van der Waals surface area (Å²) in [4.78, 5) is 35.8. The van der Waals surface area contributed by atoms with Crippen molar-refractivity contribution in [2.75, 3.05) is 16.0 Å². The van der Waals surface area contributed by atoms with E-state index in [2.05, 4.69) is 20.3 Å². The van der Waals surface area contributed by atoms with Crippen LogP contribution in [0.5, 0.6) is 0 Å². The lowest BCUT2D eigenvalue weighted by molar-refractivity contribution is -0.171. The number of nitrogens with two attached hydrogens (primary N) is 1. The molecule has 8 nitrogen and oxygen atoms in total. The predicted octanol–water partition coefficient (Wildman–Crippen LogP) is 5.36. The third-order valence-electron chi connectivity index (χ3n) is 5.24. The Morgan fingerprint density at radius 1 is 1.11 bits per heavy atom. The van der Waals surface area contributed by atoms with Gasteiger partial charge in [-0.25, -0.2) is 18.7 Å². The highest BCUT2D eigenvalue weighted by molar-refractivity contribution is 7.18. The maximum absolute atomic E-state index is 14.0. The topological polar surface area (TPSA) is 117 Å². The number of anilines is 4. The third kappa shape index (κ3) is 5.28. The summed E-state index contributed by atoms with van der Waals surface area (Å²) in [5.41, 5.74) is 5.53. The number of hydrogen-bond donors (Lipinski definition) is 3. The van der Waals surface area contributed by atoms with Crippen molar-refractivity contribution in [3.63, 3.8) is 0 Å². The second-order valence-corrected chi connectivity index (χ2v) is 8.67. The highest BCUT2D eigenvalue weighted by Gasteiger charge is 2.45. The first-order valence-electron chi connectivity index (χ1n) is 10.5. The van der Waals surface area contributed by atoms with E-state index in [1.165, 1.54) is 43.7 Å². The fraction of sp³-hybridized carbons (Fsp3) is 0.130. The normalized spacial score (nSPS) is 12.3. The van der Waals surface area contributed by atoms with Gasteiger partial charge in [0.05, 0.1) is 23.6 Å². The summed E-state index contributed by atoms with van der Waals surface area (Å²) in [5, 5.41) is 2.92. The number of halogens is 5. The smallest absolute Gasteiger partial charge is 0.382 e. The van der Waals surface area contributed by atoms with Crippen LogP contribution in [0.15, 0.2) is 55.0 Å². The number of alkyl halides is 3. The number of nitrogens with zero attached hydrogens (tertiary/aromatic N) is 3. The summed E-state index contributed by atoms with van der Waals surface area (Å²) in [7, 11) is 0. The molecule has 0 aliphatic carbocycles. The number of nitrogen functional groups attached to an aromatic ring is 1. The SMILES string of the molecule is CC(c1c[nH]cn1)N(C(=O)C(F)(F)F)c1ccc(Nc2nc(N)c(C(=O)c3c(F)cccc3F)s2)cc1. The Balaban J connectivity index is 1.58. The monoisotopic (exact) mass is 536 g/mol. The zero-order valence-electron chi connectivity index (χ0n) is 18.8. The van der Waals surface area contributed by atoms with E-state index in [0.717, 1.165) is 29.5 Å². The maximum atomic E-state index is 14.0. The summed E-state index contributed by atoms with van der Waals surface area (Å²) >= 11 is 0.741. The van der Waals surface area contributed by atoms with Gasteiger partial charge in [-0.15, -0.1) is 0 Å². The van der Waals surface area contributed by atoms with Crippen molar-refractivity contribution in [2.24, 2.45) is 0 Å². The lowest BCUT2D eigenvalue weighted by Crippen LogP contribution is -2.42. The van der Waals surface area contributed by atoms with E-state index in [-0.39, 0.29) is 27.2 Å². The molecular weight excluding hydrogens is 519 g/mol. The third-order valence-corrected chi connectivity index (χ3v) is 6.23. The first kappa shape index (κ1) is 25.8. The van der Waals surface area contributed by atoms with Gasteiger partial charge in [-0.1, -0.05) is 17.4 Å².